The van der Waals surface area contributed by atoms with Gasteiger partial charge in [-0.25, -0.2) is 0 Å². The van der Waals surface area contributed by atoms with E-state index in [0.717, 1.165) is 36.1 Å². The van der Waals surface area contributed by atoms with Crippen molar-refractivity contribution in [2.75, 3.05) is 31.2 Å². The number of hydrogen-bond donors (Lipinski definition) is 1. The Morgan fingerprint density at radius 1 is 1.12 bits per heavy atom. The molecule has 8 heteroatoms. The van der Waals surface area contributed by atoms with Crippen LogP contribution in [0.1, 0.15) is 75.8 Å². The van der Waals surface area contributed by atoms with Crippen LogP contribution in [0.3, 0.4) is 0 Å². The predicted octanol–water partition coefficient (Wildman–Crippen LogP) is 5.04. The van der Waals surface area contributed by atoms with Gasteiger partial charge in [-0.3, -0.25) is 14.4 Å². The number of aliphatic hydroxyl groups is 1. The fourth-order valence-electron chi connectivity index (χ4n) is 7.63. The number of para-hydroxylation sites is 1. The van der Waals surface area contributed by atoms with E-state index in [1.165, 1.54) is 0 Å². The Morgan fingerprint density at radius 3 is 2.48 bits per heavy atom. The van der Waals surface area contributed by atoms with Crippen molar-refractivity contribution in [3.63, 3.8) is 0 Å². The van der Waals surface area contributed by atoms with Crippen molar-refractivity contribution in [1.29, 1.82) is 0 Å². The zero-order chi connectivity index (χ0) is 30.5. The molecule has 5 atom stereocenters. The number of carbonyl (C=O) groups excluding carboxylic acids is 3. The number of nitrogens with zero attached hydrogens (tertiary/aromatic N) is 2. The first-order valence-corrected chi connectivity index (χ1v) is 15.6. The van der Waals surface area contributed by atoms with Crippen LogP contribution in [0.4, 0.5) is 5.69 Å². The van der Waals surface area contributed by atoms with Crippen LogP contribution in [0.15, 0.2) is 43.5 Å². The van der Waals surface area contributed by atoms with Crippen LogP contribution in [0, 0.1) is 25.7 Å². The Kier molecular flexibility index (Phi) is 10.3. The lowest BCUT2D eigenvalue weighted by molar-refractivity contribution is -0.161. The number of rotatable bonds is 16. The lowest BCUT2D eigenvalue weighted by atomic mass is 9.65. The number of allylic oxidation sites excluding steroid dienone is 1. The molecule has 2 unspecified atom stereocenters. The minimum atomic E-state index is -1.10. The number of fused-ring (bicyclic) bond motifs is 1. The molecule has 1 aromatic carbocycles. The van der Waals surface area contributed by atoms with E-state index < -0.39 is 35.0 Å². The van der Waals surface area contributed by atoms with E-state index in [0.29, 0.717) is 45.1 Å². The van der Waals surface area contributed by atoms with Crippen molar-refractivity contribution in [3.8, 4) is 0 Å². The van der Waals surface area contributed by atoms with Crippen LogP contribution >= 0.6 is 0 Å². The summed E-state index contributed by atoms with van der Waals surface area (Å²) < 4.78 is 12.6. The number of ether oxygens (including phenoxy) is 2. The summed E-state index contributed by atoms with van der Waals surface area (Å²) in [7, 11) is 0. The minimum absolute atomic E-state index is 0.130. The summed E-state index contributed by atoms with van der Waals surface area (Å²) in [5.74, 6) is -2.33. The Labute approximate surface area is 250 Å². The maximum absolute atomic E-state index is 14.8. The Balaban J connectivity index is 1.75. The Hall–Kier alpha value is -2.97. The van der Waals surface area contributed by atoms with Crippen molar-refractivity contribution in [1.82, 2.24) is 4.90 Å². The van der Waals surface area contributed by atoms with Crippen molar-refractivity contribution in [3.05, 3.63) is 54.6 Å². The van der Waals surface area contributed by atoms with Gasteiger partial charge in [0, 0.05) is 25.4 Å². The first kappa shape index (κ1) is 32.0. The zero-order valence-electron chi connectivity index (χ0n) is 25.6. The second kappa shape index (κ2) is 13.6. The number of anilines is 1. The average Bonchev–Trinajstić information content (AvgIpc) is 3.58. The van der Waals surface area contributed by atoms with Gasteiger partial charge >= 0.3 is 5.97 Å². The van der Waals surface area contributed by atoms with Crippen molar-refractivity contribution in [2.45, 2.75) is 95.8 Å². The molecule has 0 saturated carbocycles. The van der Waals surface area contributed by atoms with Gasteiger partial charge in [-0.05, 0) is 69.9 Å². The second-order valence-corrected chi connectivity index (χ2v) is 12.1. The van der Waals surface area contributed by atoms with Crippen LogP contribution in [0.25, 0.3) is 0 Å². The smallest absolute Gasteiger partial charge is 0.312 e. The number of benzene rings is 1. The van der Waals surface area contributed by atoms with Gasteiger partial charge in [-0.15, -0.1) is 13.2 Å². The number of esters is 1. The van der Waals surface area contributed by atoms with Gasteiger partial charge in [0.25, 0.3) is 5.91 Å². The molecule has 4 rings (SSSR count). The maximum atomic E-state index is 14.8. The normalized spacial score (nSPS) is 27.7. The van der Waals surface area contributed by atoms with Crippen molar-refractivity contribution in [2.24, 2.45) is 11.8 Å². The van der Waals surface area contributed by atoms with Crippen LogP contribution in [0.2, 0.25) is 0 Å². The molecule has 2 amide bonds. The molecule has 1 N–H and O–H groups in total. The zero-order valence-corrected chi connectivity index (χ0v) is 25.6. The van der Waals surface area contributed by atoms with Gasteiger partial charge in [0.2, 0.25) is 5.91 Å². The topological polar surface area (TPSA) is 96.4 Å². The standard InChI is InChI=1S/C34H48N2O6/c1-6-9-14-23-41-32(40)27-26-30(38)36(21-12-10-11-13-22-37)29(34(26)19-18-33(27,8-3)42-34)31(39)35(20-7-2)28-24(4)16-15-17-25(28)5/h6-7,15-17,26-27,29,37H,1-2,8-14,18-23H2,3-5H3/t26-,27-,29?,33+,34?/m0/s1. The molecule has 8 nitrogen and oxygen atoms in total. The van der Waals surface area contributed by atoms with E-state index in [1.54, 1.807) is 22.0 Å². The number of aryl methyl sites for hydroxylation is 2. The molecule has 0 aliphatic carbocycles. The van der Waals surface area contributed by atoms with Gasteiger partial charge in [-0.2, -0.15) is 0 Å². The van der Waals surface area contributed by atoms with E-state index in [9.17, 15) is 19.5 Å². The molecule has 3 fully saturated rings. The number of likely N-dealkylation sites (tertiary alicyclic amines) is 1. The molecule has 0 radical (unpaired) electrons. The maximum Gasteiger partial charge on any atom is 0.312 e. The number of amides is 2. The lowest BCUT2D eigenvalue weighted by Crippen LogP contribution is -2.56. The highest BCUT2D eigenvalue weighted by Gasteiger charge is 2.79. The molecule has 1 spiro atoms. The Morgan fingerprint density at radius 2 is 1.83 bits per heavy atom. The molecule has 0 aromatic heterocycles. The number of carbonyl (C=O) groups is 3. The van der Waals surface area contributed by atoms with Crippen LogP contribution in [0.5, 0.6) is 0 Å². The highest BCUT2D eigenvalue weighted by atomic mass is 16.6. The highest BCUT2D eigenvalue weighted by molar-refractivity contribution is 6.05. The van der Waals surface area contributed by atoms with Gasteiger partial charge in [0.15, 0.2) is 0 Å². The van der Waals surface area contributed by atoms with Gasteiger partial charge in [0.05, 0.1) is 18.1 Å². The molecule has 3 heterocycles. The van der Waals surface area contributed by atoms with Crippen LogP contribution < -0.4 is 4.90 Å². The monoisotopic (exact) mass is 580 g/mol. The minimum Gasteiger partial charge on any atom is -0.465 e. The fourth-order valence-corrected chi connectivity index (χ4v) is 7.63. The first-order chi connectivity index (χ1) is 20.2. The summed E-state index contributed by atoms with van der Waals surface area (Å²) in [5.41, 5.74) is 0.802. The average molecular weight is 581 g/mol. The molecule has 3 aliphatic rings. The molecule has 2 bridgehead atoms. The van der Waals surface area contributed by atoms with E-state index in [-0.39, 0.29) is 31.6 Å². The predicted molar refractivity (Wildman–Crippen MR) is 163 cm³/mol. The third-order valence-corrected chi connectivity index (χ3v) is 9.56. The van der Waals surface area contributed by atoms with E-state index in [1.807, 2.05) is 39.0 Å². The SMILES string of the molecule is C=CCCCOC(=O)[C@@H]1[C@H]2C(=O)N(CCCCCCO)C(C(=O)N(CC=C)c3c(C)cccc3C)C23CC[C@@]1(CC)O3. The largest absolute Gasteiger partial charge is 0.465 e. The summed E-state index contributed by atoms with van der Waals surface area (Å²) >= 11 is 0. The summed E-state index contributed by atoms with van der Waals surface area (Å²) in [5, 5.41) is 9.21. The lowest BCUT2D eigenvalue weighted by Gasteiger charge is -2.37. The third kappa shape index (κ3) is 5.55. The van der Waals surface area contributed by atoms with Crippen molar-refractivity contribution >= 4 is 23.5 Å². The van der Waals surface area contributed by atoms with E-state index >= 15 is 0 Å². The summed E-state index contributed by atoms with van der Waals surface area (Å²) in [4.78, 5) is 46.3. The molecular weight excluding hydrogens is 532 g/mol. The fraction of sp³-hybridized carbons (Fsp3) is 0.618. The summed E-state index contributed by atoms with van der Waals surface area (Å²) in [6.45, 7) is 14.7. The van der Waals surface area contributed by atoms with E-state index in [2.05, 4.69) is 13.2 Å². The number of hydrogen-bond acceptors (Lipinski definition) is 6. The van der Waals surface area contributed by atoms with Crippen molar-refractivity contribution < 1.29 is 29.0 Å². The third-order valence-electron chi connectivity index (χ3n) is 9.56. The van der Waals surface area contributed by atoms with Gasteiger partial charge < -0.3 is 24.4 Å². The molecule has 3 saturated heterocycles. The van der Waals surface area contributed by atoms with Gasteiger partial charge in [-0.1, -0.05) is 50.1 Å². The first-order valence-electron chi connectivity index (χ1n) is 15.6. The van der Waals surface area contributed by atoms with Crippen LogP contribution in [-0.4, -0.2) is 71.3 Å². The molecule has 230 valence electrons. The summed E-state index contributed by atoms with van der Waals surface area (Å²) in [6, 6.07) is 5.06. The van der Waals surface area contributed by atoms with E-state index in [4.69, 9.17) is 9.47 Å². The molecular formula is C34H48N2O6. The number of aliphatic hydroxyl groups excluding tert-OH is 1. The molecule has 42 heavy (non-hydrogen) atoms. The summed E-state index contributed by atoms with van der Waals surface area (Å²) in [6.07, 6.45) is 9.63. The number of unbranched alkanes of at least 4 members (excludes halogenated alkanes) is 4. The molecule has 3 aliphatic heterocycles. The van der Waals surface area contributed by atoms with Gasteiger partial charge in [0.1, 0.15) is 17.6 Å². The highest BCUT2D eigenvalue weighted by Crippen LogP contribution is 2.64. The quantitative estimate of drug-likeness (QED) is 0.167. The Bertz CT molecular complexity index is 1160. The molecule has 1 aromatic rings. The second-order valence-electron chi connectivity index (χ2n) is 12.1. The van der Waals surface area contributed by atoms with Crippen LogP contribution in [-0.2, 0) is 23.9 Å².